The Bertz CT molecular complexity index is 329. The van der Waals surface area contributed by atoms with Gasteiger partial charge in [0.05, 0.1) is 12.0 Å². The molecule has 0 atom stereocenters. The van der Waals surface area contributed by atoms with Crippen LogP contribution in [-0.4, -0.2) is 51.3 Å². The molecule has 1 saturated heterocycles. The average molecular weight is 258 g/mol. The minimum absolute atomic E-state index is 0.121. The van der Waals surface area contributed by atoms with E-state index in [9.17, 15) is 14.7 Å². The maximum atomic E-state index is 11.9. The number of nitrogens with zero attached hydrogens (tertiary/aromatic N) is 1. The van der Waals surface area contributed by atoms with Crippen LogP contribution in [0.25, 0.3) is 0 Å². The summed E-state index contributed by atoms with van der Waals surface area (Å²) in [7, 11) is 0. The van der Waals surface area contributed by atoms with Crippen LogP contribution in [0.2, 0.25) is 0 Å². The molecular weight excluding hydrogens is 236 g/mol. The first-order valence-electron chi connectivity index (χ1n) is 6.13. The zero-order chi connectivity index (χ0) is 14.0. The van der Waals surface area contributed by atoms with Gasteiger partial charge in [-0.1, -0.05) is 0 Å². The molecule has 1 heterocycles. The second kappa shape index (κ2) is 5.14. The van der Waals surface area contributed by atoms with Crippen LogP contribution in [0.5, 0.6) is 0 Å². The molecule has 0 radical (unpaired) electrons. The molecule has 0 aromatic rings. The van der Waals surface area contributed by atoms with Crippen LogP contribution in [0.15, 0.2) is 0 Å². The quantitative estimate of drug-likeness (QED) is 0.698. The van der Waals surface area contributed by atoms with Crippen molar-refractivity contribution >= 4 is 12.0 Å². The molecule has 0 spiro atoms. The highest BCUT2D eigenvalue weighted by Crippen LogP contribution is 2.21. The largest absolute Gasteiger partial charge is 0.481 e. The Hall–Kier alpha value is -1.30. The van der Waals surface area contributed by atoms with Crippen molar-refractivity contribution in [2.24, 2.45) is 0 Å². The van der Waals surface area contributed by atoms with Gasteiger partial charge >= 0.3 is 12.0 Å². The SMILES string of the molecule is CC1(O)CCN(C(=O)NC(C)(C)CC(=O)O)CC1. The second-order valence-corrected chi connectivity index (χ2v) is 5.87. The highest BCUT2D eigenvalue weighted by atomic mass is 16.4. The van der Waals surface area contributed by atoms with Crippen molar-refractivity contribution in [2.45, 2.75) is 51.2 Å². The first-order valence-corrected chi connectivity index (χ1v) is 6.13. The highest BCUT2D eigenvalue weighted by molar-refractivity contribution is 5.76. The number of urea groups is 1. The van der Waals surface area contributed by atoms with Crippen molar-refractivity contribution in [2.75, 3.05) is 13.1 Å². The Balaban J connectivity index is 2.49. The van der Waals surface area contributed by atoms with Crippen LogP contribution in [0.3, 0.4) is 0 Å². The van der Waals surface area contributed by atoms with Crippen molar-refractivity contribution in [1.29, 1.82) is 0 Å². The van der Waals surface area contributed by atoms with E-state index in [1.165, 1.54) is 0 Å². The van der Waals surface area contributed by atoms with Crippen LogP contribution < -0.4 is 5.32 Å². The van der Waals surface area contributed by atoms with Gasteiger partial charge in [-0.3, -0.25) is 4.79 Å². The molecule has 0 aromatic carbocycles. The minimum Gasteiger partial charge on any atom is -0.481 e. The number of hydrogen-bond acceptors (Lipinski definition) is 3. The predicted molar refractivity (Wildman–Crippen MR) is 66.3 cm³/mol. The lowest BCUT2D eigenvalue weighted by molar-refractivity contribution is -0.138. The molecule has 0 unspecified atom stereocenters. The maximum absolute atomic E-state index is 11.9. The summed E-state index contributed by atoms with van der Waals surface area (Å²) in [5, 5.41) is 21.2. The van der Waals surface area contributed by atoms with Gasteiger partial charge in [-0.15, -0.1) is 0 Å². The van der Waals surface area contributed by atoms with Crippen molar-refractivity contribution in [1.82, 2.24) is 10.2 Å². The number of carbonyl (C=O) groups is 2. The monoisotopic (exact) mass is 258 g/mol. The number of hydrogen-bond donors (Lipinski definition) is 3. The van der Waals surface area contributed by atoms with Gasteiger partial charge in [0, 0.05) is 18.6 Å². The summed E-state index contributed by atoms with van der Waals surface area (Å²) in [6, 6.07) is -0.267. The Morgan fingerprint density at radius 2 is 1.83 bits per heavy atom. The summed E-state index contributed by atoms with van der Waals surface area (Å²) in [6.45, 7) is 6.10. The Kier molecular flexibility index (Phi) is 4.21. The number of piperidine rings is 1. The zero-order valence-corrected chi connectivity index (χ0v) is 11.2. The number of carboxylic acids is 1. The average Bonchev–Trinajstić information content (AvgIpc) is 2.13. The lowest BCUT2D eigenvalue weighted by Crippen LogP contribution is -2.54. The van der Waals surface area contributed by atoms with Crippen LogP contribution in [0.1, 0.15) is 40.0 Å². The molecule has 1 aliphatic heterocycles. The van der Waals surface area contributed by atoms with E-state index in [1.54, 1.807) is 25.7 Å². The number of nitrogens with one attached hydrogen (secondary N) is 1. The Labute approximate surface area is 107 Å². The predicted octanol–water partition coefficient (Wildman–Crippen LogP) is 0.796. The van der Waals surface area contributed by atoms with E-state index in [1.807, 2.05) is 0 Å². The van der Waals surface area contributed by atoms with Crippen LogP contribution in [0.4, 0.5) is 4.79 Å². The number of carboxylic acid groups (broad SMARTS) is 1. The van der Waals surface area contributed by atoms with Gasteiger partial charge in [-0.05, 0) is 33.6 Å². The smallest absolute Gasteiger partial charge is 0.317 e. The summed E-state index contributed by atoms with van der Waals surface area (Å²) in [4.78, 5) is 24.2. The number of aliphatic carboxylic acids is 1. The molecule has 0 bridgehead atoms. The number of carbonyl (C=O) groups excluding carboxylic acids is 1. The molecule has 3 N–H and O–H groups in total. The minimum atomic E-state index is -0.943. The lowest BCUT2D eigenvalue weighted by atomic mass is 9.94. The van der Waals surface area contributed by atoms with Gasteiger partial charge in [0.15, 0.2) is 0 Å². The standard InChI is InChI=1S/C12H22N2O4/c1-11(2,8-9(15)16)13-10(17)14-6-4-12(3,18)5-7-14/h18H,4-8H2,1-3H3,(H,13,17)(H,15,16). The molecule has 0 aliphatic carbocycles. The van der Waals surface area contributed by atoms with E-state index >= 15 is 0 Å². The summed E-state index contributed by atoms with van der Waals surface area (Å²) in [5.74, 6) is -0.943. The lowest BCUT2D eigenvalue weighted by Gasteiger charge is -2.37. The number of amides is 2. The van der Waals surface area contributed by atoms with Gasteiger partial charge in [-0.2, -0.15) is 0 Å². The van der Waals surface area contributed by atoms with Crippen molar-refractivity contribution in [3.8, 4) is 0 Å². The molecule has 18 heavy (non-hydrogen) atoms. The third kappa shape index (κ3) is 4.52. The molecule has 1 rings (SSSR count). The van der Waals surface area contributed by atoms with Crippen LogP contribution in [0, 0.1) is 0 Å². The highest BCUT2D eigenvalue weighted by Gasteiger charge is 2.32. The van der Waals surface area contributed by atoms with Crippen molar-refractivity contribution in [3.63, 3.8) is 0 Å². The van der Waals surface area contributed by atoms with Crippen molar-refractivity contribution in [3.05, 3.63) is 0 Å². The normalized spacial score (nSPS) is 19.4. The fourth-order valence-corrected chi connectivity index (χ4v) is 1.98. The number of likely N-dealkylation sites (tertiary alicyclic amines) is 1. The topological polar surface area (TPSA) is 89.9 Å². The summed E-state index contributed by atoms with van der Waals surface area (Å²) in [5.41, 5.74) is -1.48. The second-order valence-electron chi connectivity index (χ2n) is 5.87. The van der Waals surface area contributed by atoms with E-state index in [0.29, 0.717) is 25.9 Å². The third-order valence-electron chi connectivity index (χ3n) is 3.17. The number of rotatable bonds is 3. The first kappa shape index (κ1) is 14.8. The Morgan fingerprint density at radius 1 is 1.33 bits per heavy atom. The van der Waals surface area contributed by atoms with Crippen molar-refractivity contribution < 1.29 is 19.8 Å². The molecule has 0 saturated carbocycles. The molecule has 6 nitrogen and oxygen atoms in total. The molecule has 6 heteroatoms. The Morgan fingerprint density at radius 3 is 2.28 bits per heavy atom. The molecule has 1 aliphatic rings. The fraction of sp³-hybridized carbons (Fsp3) is 0.833. The van der Waals surface area contributed by atoms with Gasteiger partial charge < -0.3 is 20.4 Å². The molecular formula is C12H22N2O4. The summed E-state index contributed by atoms with van der Waals surface area (Å²) < 4.78 is 0. The van der Waals surface area contributed by atoms with E-state index in [-0.39, 0.29) is 12.5 Å². The van der Waals surface area contributed by atoms with E-state index in [4.69, 9.17) is 5.11 Å². The van der Waals surface area contributed by atoms with Gasteiger partial charge in [0.2, 0.25) is 0 Å². The first-order chi connectivity index (χ1) is 8.11. The fourth-order valence-electron chi connectivity index (χ4n) is 1.98. The van der Waals surface area contributed by atoms with E-state index < -0.39 is 17.1 Å². The molecule has 104 valence electrons. The van der Waals surface area contributed by atoms with Gasteiger partial charge in [-0.25, -0.2) is 4.79 Å². The zero-order valence-electron chi connectivity index (χ0n) is 11.2. The van der Waals surface area contributed by atoms with E-state index in [2.05, 4.69) is 5.32 Å². The van der Waals surface area contributed by atoms with Gasteiger partial charge in [0.25, 0.3) is 0 Å². The molecule has 0 aromatic heterocycles. The van der Waals surface area contributed by atoms with Gasteiger partial charge in [0.1, 0.15) is 0 Å². The molecule has 2 amide bonds. The van der Waals surface area contributed by atoms with Crippen LogP contribution in [-0.2, 0) is 4.79 Å². The number of aliphatic hydroxyl groups is 1. The third-order valence-corrected chi connectivity index (χ3v) is 3.17. The maximum Gasteiger partial charge on any atom is 0.317 e. The van der Waals surface area contributed by atoms with Crippen LogP contribution >= 0.6 is 0 Å². The summed E-state index contributed by atoms with van der Waals surface area (Å²) >= 11 is 0. The van der Waals surface area contributed by atoms with E-state index in [0.717, 1.165) is 0 Å². The molecule has 1 fully saturated rings. The summed E-state index contributed by atoms with van der Waals surface area (Å²) in [6.07, 6.45) is 0.962.